The van der Waals surface area contributed by atoms with Gasteiger partial charge < -0.3 is 14.2 Å². The number of fused-ring (bicyclic) bond motifs is 1. The van der Waals surface area contributed by atoms with E-state index in [9.17, 15) is 13.6 Å². The maximum atomic E-state index is 13.8. The van der Waals surface area contributed by atoms with Gasteiger partial charge in [-0.15, -0.1) is 0 Å². The molecule has 3 aromatic rings. The molecule has 0 aliphatic carbocycles. The third-order valence-electron chi connectivity index (χ3n) is 4.95. The summed E-state index contributed by atoms with van der Waals surface area (Å²) in [5.41, 5.74) is 0.595. The van der Waals surface area contributed by atoms with Gasteiger partial charge in [-0.05, 0) is 43.2 Å². The minimum Gasteiger partial charge on any atom is -0.495 e. The SMILES string of the molecule is COc1ccc(OC)c2sc(N(C[C@H]3CCCO3)C(=O)c3ccc(F)c(F)c3)nc12. The normalized spacial score (nSPS) is 16.1. The summed E-state index contributed by atoms with van der Waals surface area (Å²) in [4.78, 5) is 19.3. The van der Waals surface area contributed by atoms with Gasteiger partial charge in [0.15, 0.2) is 16.8 Å². The van der Waals surface area contributed by atoms with Gasteiger partial charge in [0, 0.05) is 12.2 Å². The second-order valence-corrected chi connectivity index (χ2v) is 7.80. The number of benzene rings is 2. The molecular weight excluding hydrogens is 414 g/mol. The summed E-state index contributed by atoms with van der Waals surface area (Å²) in [7, 11) is 3.09. The van der Waals surface area contributed by atoms with Crippen molar-refractivity contribution in [3.05, 3.63) is 47.5 Å². The first kappa shape index (κ1) is 20.5. The highest BCUT2D eigenvalue weighted by atomic mass is 32.1. The average Bonchev–Trinajstić information content (AvgIpc) is 3.42. The molecule has 4 rings (SSSR count). The van der Waals surface area contributed by atoms with Gasteiger partial charge in [0.25, 0.3) is 5.91 Å². The molecule has 1 fully saturated rings. The lowest BCUT2D eigenvalue weighted by Crippen LogP contribution is -2.37. The molecule has 0 N–H and O–H groups in total. The maximum absolute atomic E-state index is 13.8. The monoisotopic (exact) mass is 434 g/mol. The molecule has 1 atom stereocenters. The predicted octanol–water partition coefficient (Wildman–Crippen LogP) is 4.42. The van der Waals surface area contributed by atoms with E-state index < -0.39 is 17.5 Å². The van der Waals surface area contributed by atoms with Crippen LogP contribution in [0.3, 0.4) is 0 Å². The zero-order chi connectivity index (χ0) is 21.3. The molecule has 0 radical (unpaired) electrons. The molecule has 1 aromatic heterocycles. The van der Waals surface area contributed by atoms with E-state index in [0.29, 0.717) is 28.8 Å². The molecule has 1 saturated heterocycles. The van der Waals surface area contributed by atoms with Gasteiger partial charge in [-0.3, -0.25) is 9.69 Å². The van der Waals surface area contributed by atoms with Crippen molar-refractivity contribution in [2.45, 2.75) is 18.9 Å². The second kappa shape index (κ2) is 8.53. The van der Waals surface area contributed by atoms with Gasteiger partial charge in [-0.25, -0.2) is 13.8 Å². The number of nitrogens with zero attached hydrogens (tertiary/aromatic N) is 2. The molecule has 0 bridgehead atoms. The smallest absolute Gasteiger partial charge is 0.260 e. The van der Waals surface area contributed by atoms with E-state index in [1.807, 2.05) is 0 Å². The van der Waals surface area contributed by atoms with E-state index in [4.69, 9.17) is 14.2 Å². The number of anilines is 1. The van der Waals surface area contributed by atoms with Crippen LogP contribution in [0, 0.1) is 11.6 Å². The summed E-state index contributed by atoms with van der Waals surface area (Å²) < 4.78 is 44.4. The van der Waals surface area contributed by atoms with E-state index in [0.717, 1.165) is 29.7 Å². The van der Waals surface area contributed by atoms with Gasteiger partial charge in [0.05, 0.1) is 26.9 Å². The quantitative estimate of drug-likeness (QED) is 0.575. The number of rotatable bonds is 6. The summed E-state index contributed by atoms with van der Waals surface area (Å²) in [6.45, 7) is 0.877. The Morgan fingerprint density at radius 2 is 1.97 bits per heavy atom. The predicted molar refractivity (Wildman–Crippen MR) is 110 cm³/mol. The zero-order valence-electron chi connectivity index (χ0n) is 16.5. The average molecular weight is 434 g/mol. The van der Waals surface area contributed by atoms with Crippen molar-refractivity contribution in [3.8, 4) is 11.5 Å². The molecule has 0 unspecified atom stereocenters. The number of thiazole rings is 1. The standard InChI is InChI=1S/C21H20F2N2O4S/c1-27-16-7-8-17(28-2)19-18(16)24-21(30-19)25(11-13-4-3-9-29-13)20(26)12-5-6-14(22)15(23)10-12/h5-8,10,13H,3-4,9,11H2,1-2H3/t13-/m1/s1. The van der Waals surface area contributed by atoms with Crippen LogP contribution in [0.5, 0.6) is 11.5 Å². The number of ether oxygens (including phenoxy) is 3. The highest BCUT2D eigenvalue weighted by Crippen LogP contribution is 2.40. The van der Waals surface area contributed by atoms with Crippen LogP contribution in [0.15, 0.2) is 30.3 Å². The molecule has 1 aliphatic rings. The number of halogens is 2. The Morgan fingerprint density at radius 1 is 1.20 bits per heavy atom. The van der Waals surface area contributed by atoms with Crippen molar-refractivity contribution in [1.29, 1.82) is 0 Å². The number of carbonyl (C=O) groups is 1. The molecule has 9 heteroatoms. The van der Waals surface area contributed by atoms with Crippen LogP contribution in [0.1, 0.15) is 23.2 Å². The molecule has 0 spiro atoms. The summed E-state index contributed by atoms with van der Waals surface area (Å²) in [6.07, 6.45) is 1.55. The lowest BCUT2D eigenvalue weighted by atomic mass is 10.1. The minimum absolute atomic E-state index is 0.0325. The van der Waals surface area contributed by atoms with Crippen LogP contribution in [-0.4, -0.2) is 44.4 Å². The molecular formula is C21H20F2N2O4S. The third-order valence-corrected chi connectivity index (χ3v) is 6.04. The Bertz CT molecular complexity index is 1040. The fourth-order valence-corrected chi connectivity index (χ4v) is 4.50. The summed E-state index contributed by atoms with van der Waals surface area (Å²) in [5, 5.41) is 0.401. The van der Waals surface area contributed by atoms with Crippen LogP contribution >= 0.6 is 11.3 Å². The number of aromatic nitrogens is 1. The fraction of sp³-hybridized carbons (Fsp3) is 0.333. The van der Waals surface area contributed by atoms with Crippen LogP contribution in [0.25, 0.3) is 10.2 Å². The van der Waals surface area contributed by atoms with E-state index in [1.54, 1.807) is 19.2 Å². The maximum Gasteiger partial charge on any atom is 0.260 e. The van der Waals surface area contributed by atoms with Crippen molar-refractivity contribution in [2.75, 3.05) is 32.3 Å². The highest BCUT2D eigenvalue weighted by molar-refractivity contribution is 7.22. The lowest BCUT2D eigenvalue weighted by Gasteiger charge is -2.23. The molecule has 1 amide bonds. The van der Waals surface area contributed by atoms with Crippen LogP contribution in [-0.2, 0) is 4.74 Å². The second-order valence-electron chi connectivity index (χ2n) is 6.82. The zero-order valence-corrected chi connectivity index (χ0v) is 17.3. The van der Waals surface area contributed by atoms with Gasteiger partial charge in [-0.1, -0.05) is 11.3 Å². The molecule has 6 nitrogen and oxygen atoms in total. The highest BCUT2D eigenvalue weighted by Gasteiger charge is 2.28. The van der Waals surface area contributed by atoms with Gasteiger partial charge in [0.2, 0.25) is 0 Å². The topological polar surface area (TPSA) is 60.9 Å². The molecule has 158 valence electrons. The Kier molecular flexibility index (Phi) is 5.83. The third kappa shape index (κ3) is 3.82. The van der Waals surface area contributed by atoms with E-state index in [2.05, 4.69) is 4.98 Å². The minimum atomic E-state index is -1.08. The first-order chi connectivity index (χ1) is 14.5. The van der Waals surface area contributed by atoms with Crippen LogP contribution in [0.4, 0.5) is 13.9 Å². The number of methoxy groups -OCH3 is 2. The number of carbonyl (C=O) groups excluding carboxylic acids is 1. The van der Waals surface area contributed by atoms with Crippen molar-refractivity contribution < 1.29 is 27.8 Å². The number of amides is 1. The van der Waals surface area contributed by atoms with Crippen molar-refractivity contribution in [3.63, 3.8) is 0 Å². The molecule has 0 saturated carbocycles. The van der Waals surface area contributed by atoms with E-state index >= 15 is 0 Å². The molecule has 30 heavy (non-hydrogen) atoms. The van der Waals surface area contributed by atoms with Crippen LogP contribution in [0.2, 0.25) is 0 Å². The largest absolute Gasteiger partial charge is 0.495 e. The molecule has 2 aromatic carbocycles. The first-order valence-corrected chi connectivity index (χ1v) is 10.2. The van der Waals surface area contributed by atoms with Crippen LogP contribution < -0.4 is 14.4 Å². The van der Waals surface area contributed by atoms with Gasteiger partial charge in [-0.2, -0.15) is 0 Å². The fourth-order valence-electron chi connectivity index (χ4n) is 3.41. The first-order valence-electron chi connectivity index (χ1n) is 9.42. The Balaban J connectivity index is 1.79. The lowest BCUT2D eigenvalue weighted by molar-refractivity contribution is 0.0917. The summed E-state index contributed by atoms with van der Waals surface area (Å²) in [6, 6.07) is 6.61. The summed E-state index contributed by atoms with van der Waals surface area (Å²) in [5.74, 6) is -1.42. The molecule has 2 heterocycles. The molecule has 1 aliphatic heterocycles. The summed E-state index contributed by atoms with van der Waals surface area (Å²) >= 11 is 1.27. The van der Waals surface area contributed by atoms with E-state index in [-0.39, 0.29) is 18.2 Å². The van der Waals surface area contributed by atoms with Gasteiger partial charge in [0.1, 0.15) is 21.7 Å². The Hall–Kier alpha value is -2.78. The number of hydrogen-bond donors (Lipinski definition) is 0. The van der Waals surface area contributed by atoms with Crippen molar-refractivity contribution in [2.24, 2.45) is 0 Å². The Labute approximate surface area is 176 Å². The van der Waals surface area contributed by atoms with Crippen molar-refractivity contribution >= 4 is 32.6 Å². The number of hydrogen-bond acceptors (Lipinski definition) is 6. The van der Waals surface area contributed by atoms with Gasteiger partial charge >= 0.3 is 0 Å². The van der Waals surface area contributed by atoms with Crippen molar-refractivity contribution in [1.82, 2.24) is 4.98 Å². The Morgan fingerprint density at radius 3 is 2.63 bits per heavy atom. The van der Waals surface area contributed by atoms with E-state index in [1.165, 1.54) is 29.4 Å².